The highest BCUT2D eigenvalue weighted by Gasteiger charge is 2.35. The van der Waals surface area contributed by atoms with Crippen LogP contribution in [-0.2, 0) is 16.1 Å². The molecule has 244 valence electrons. The number of methoxy groups -OCH3 is 1. The molecular weight excluding hydrogens is 644 g/mol. The van der Waals surface area contributed by atoms with Crippen molar-refractivity contribution in [1.29, 1.82) is 0 Å². The van der Waals surface area contributed by atoms with Crippen molar-refractivity contribution in [2.45, 2.75) is 39.3 Å². The highest BCUT2D eigenvalue weighted by molar-refractivity contribution is 7.07. The summed E-state index contributed by atoms with van der Waals surface area (Å²) in [5, 5.41) is 0.639. The van der Waals surface area contributed by atoms with Crippen LogP contribution in [0.3, 0.4) is 0 Å². The van der Waals surface area contributed by atoms with Crippen LogP contribution in [-0.4, -0.2) is 24.3 Å². The number of rotatable bonds is 10. The van der Waals surface area contributed by atoms with Crippen molar-refractivity contribution in [3.05, 3.63) is 155 Å². The number of hydrogen-bond donors (Lipinski definition) is 0. The molecule has 0 saturated heterocycles. The van der Waals surface area contributed by atoms with Crippen LogP contribution in [0.15, 0.2) is 112 Å². The molecule has 0 unspecified atom stereocenters. The molecule has 0 bridgehead atoms. The number of aromatic nitrogens is 1. The largest absolute Gasteiger partial charge is 0.493 e. The Morgan fingerprint density at radius 3 is 2.44 bits per heavy atom. The van der Waals surface area contributed by atoms with Crippen molar-refractivity contribution in [2.75, 3.05) is 13.7 Å². The van der Waals surface area contributed by atoms with Crippen LogP contribution >= 0.6 is 22.9 Å². The van der Waals surface area contributed by atoms with Gasteiger partial charge in [-0.3, -0.25) is 9.36 Å². The first-order valence-corrected chi connectivity index (χ1v) is 16.9. The molecule has 0 aliphatic carbocycles. The van der Waals surface area contributed by atoms with E-state index in [1.54, 1.807) is 18.6 Å². The van der Waals surface area contributed by atoms with E-state index in [-0.39, 0.29) is 12.2 Å². The van der Waals surface area contributed by atoms with E-state index in [1.165, 1.54) is 11.3 Å². The van der Waals surface area contributed by atoms with E-state index in [4.69, 9.17) is 30.8 Å². The lowest BCUT2D eigenvalue weighted by molar-refractivity contribution is -0.138. The Labute approximate surface area is 288 Å². The van der Waals surface area contributed by atoms with Crippen molar-refractivity contribution in [1.82, 2.24) is 4.57 Å². The molecule has 5 aromatic rings. The highest BCUT2D eigenvalue weighted by Crippen LogP contribution is 2.36. The quantitative estimate of drug-likeness (QED) is 0.145. The number of thiazole rings is 1. The fourth-order valence-electron chi connectivity index (χ4n) is 5.65. The number of nitrogens with zero attached hydrogens (tertiary/aromatic N) is 2. The molecule has 7 nitrogen and oxygen atoms in total. The van der Waals surface area contributed by atoms with E-state index in [2.05, 4.69) is 13.8 Å². The number of fused-ring (bicyclic) bond motifs is 1. The number of benzene rings is 4. The van der Waals surface area contributed by atoms with Crippen LogP contribution < -0.4 is 24.4 Å². The van der Waals surface area contributed by atoms with E-state index < -0.39 is 12.0 Å². The van der Waals surface area contributed by atoms with Gasteiger partial charge in [-0.05, 0) is 65.4 Å². The second-order valence-electron chi connectivity index (χ2n) is 11.6. The lowest BCUT2D eigenvalue weighted by atomic mass is 9.91. The maximum Gasteiger partial charge on any atom is 0.338 e. The standard InChI is InChI=1S/C39H35ClN2O5S/c1-5-46-38(44)34-35(28-11-7-6-8-12-28)41-39-42(36(34)29-17-15-27(16-18-29)24(2)3)37(43)33(48-39)22-25-14-19-31(32(21-25)45-4)47-23-26-10-9-13-30(40)20-26/h6-22,24,36H,5,23H2,1-4H3/b33-22-/t36-/m0/s1. The zero-order valence-corrected chi connectivity index (χ0v) is 28.7. The van der Waals surface area contributed by atoms with Crippen molar-refractivity contribution in [2.24, 2.45) is 4.99 Å². The van der Waals surface area contributed by atoms with E-state index in [1.807, 2.05) is 103 Å². The summed E-state index contributed by atoms with van der Waals surface area (Å²) >= 11 is 7.40. The molecule has 1 aliphatic heterocycles. The van der Waals surface area contributed by atoms with Crippen molar-refractivity contribution in [3.8, 4) is 11.5 Å². The van der Waals surface area contributed by atoms with Gasteiger partial charge >= 0.3 is 5.97 Å². The molecule has 0 spiro atoms. The molecule has 4 aromatic carbocycles. The second kappa shape index (κ2) is 14.5. The monoisotopic (exact) mass is 678 g/mol. The van der Waals surface area contributed by atoms with Crippen LogP contribution in [0, 0.1) is 0 Å². The summed E-state index contributed by atoms with van der Waals surface area (Å²) in [5.74, 6) is 0.905. The van der Waals surface area contributed by atoms with Gasteiger partial charge in [-0.2, -0.15) is 0 Å². The van der Waals surface area contributed by atoms with Crippen molar-refractivity contribution < 1.29 is 19.0 Å². The predicted octanol–water partition coefficient (Wildman–Crippen LogP) is 7.30. The van der Waals surface area contributed by atoms with Gasteiger partial charge < -0.3 is 14.2 Å². The fourth-order valence-corrected chi connectivity index (χ4v) is 6.87. The van der Waals surface area contributed by atoms with Gasteiger partial charge in [-0.25, -0.2) is 9.79 Å². The minimum Gasteiger partial charge on any atom is -0.493 e. The molecule has 0 saturated carbocycles. The van der Waals surface area contributed by atoms with Gasteiger partial charge in [0.1, 0.15) is 6.61 Å². The summed E-state index contributed by atoms with van der Waals surface area (Å²) in [6, 6.07) is 29.8. The number of carbonyl (C=O) groups is 1. The molecule has 0 radical (unpaired) electrons. The summed E-state index contributed by atoms with van der Waals surface area (Å²) in [6.07, 6.45) is 1.81. The second-order valence-corrected chi connectivity index (χ2v) is 13.0. The summed E-state index contributed by atoms with van der Waals surface area (Å²) in [7, 11) is 1.58. The molecule has 1 aromatic heterocycles. The minimum atomic E-state index is -0.740. The van der Waals surface area contributed by atoms with Crippen LogP contribution in [0.5, 0.6) is 11.5 Å². The molecule has 1 atom stereocenters. The Kier molecular flexibility index (Phi) is 9.94. The fraction of sp³-hybridized carbons (Fsp3) is 0.205. The van der Waals surface area contributed by atoms with Crippen LogP contribution in [0.1, 0.15) is 60.5 Å². The number of halogens is 1. The SMILES string of the molecule is CCOC(=O)C1=C(c2ccccc2)N=c2s/c(=C\c3ccc(OCc4cccc(Cl)c4)c(OC)c3)c(=O)n2[C@H]1c1ccc(C(C)C)cc1. The van der Waals surface area contributed by atoms with Crippen LogP contribution in [0.4, 0.5) is 0 Å². The van der Waals surface area contributed by atoms with Gasteiger partial charge in [0.15, 0.2) is 16.3 Å². The zero-order valence-electron chi connectivity index (χ0n) is 27.1. The lowest BCUT2D eigenvalue weighted by Crippen LogP contribution is -2.40. The summed E-state index contributed by atoms with van der Waals surface area (Å²) in [6.45, 7) is 6.53. The maximum absolute atomic E-state index is 14.3. The average Bonchev–Trinajstić information content (AvgIpc) is 3.41. The minimum absolute atomic E-state index is 0.189. The molecule has 2 heterocycles. The van der Waals surface area contributed by atoms with Crippen molar-refractivity contribution in [3.63, 3.8) is 0 Å². The Morgan fingerprint density at radius 2 is 1.75 bits per heavy atom. The smallest absolute Gasteiger partial charge is 0.338 e. The summed E-state index contributed by atoms with van der Waals surface area (Å²) < 4.78 is 19.3. The molecule has 48 heavy (non-hydrogen) atoms. The van der Waals surface area contributed by atoms with Crippen LogP contribution in [0.2, 0.25) is 5.02 Å². The third-order valence-electron chi connectivity index (χ3n) is 8.06. The third kappa shape index (κ3) is 6.86. The van der Waals surface area contributed by atoms with Gasteiger partial charge in [0.25, 0.3) is 5.56 Å². The van der Waals surface area contributed by atoms with E-state index in [9.17, 15) is 9.59 Å². The highest BCUT2D eigenvalue weighted by atomic mass is 35.5. The van der Waals surface area contributed by atoms with Gasteiger partial charge in [0.2, 0.25) is 0 Å². The summed E-state index contributed by atoms with van der Waals surface area (Å²) in [4.78, 5) is 33.5. The number of carbonyl (C=O) groups excluding carboxylic acids is 1. The normalized spacial score (nSPS) is 14.5. The molecular formula is C39H35ClN2O5S. The molecule has 6 rings (SSSR count). The predicted molar refractivity (Wildman–Crippen MR) is 190 cm³/mol. The van der Waals surface area contributed by atoms with E-state index >= 15 is 0 Å². The molecule has 1 aliphatic rings. The lowest BCUT2D eigenvalue weighted by Gasteiger charge is -2.26. The molecule has 9 heteroatoms. The van der Waals surface area contributed by atoms with Gasteiger partial charge in [0, 0.05) is 10.6 Å². The Morgan fingerprint density at radius 1 is 0.979 bits per heavy atom. The topological polar surface area (TPSA) is 79.1 Å². The number of esters is 1. The third-order valence-corrected chi connectivity index (χ3v) is 9.28. The van der Waals surface area contributed by atoms with Gasteiger partial charge in [-0.15, -0.1) is 0 Å². The van der Waals surface area contributed by atoms with E-state index in [0.29, 0.717) is 49.7 Å². The maximum atomic E-state index is 14.3. The molecule has 0 fully saturated rings. The van der Waals surface area contributed by atoms with Crippen molar-refractivity contribution >= 4 is 40.7 Å². The number of ether oxygens (including phenoxy) is 3. The Hall–Kier alpha value is -4.92. The Balaban J connectivity index is 1.47. The van der Waals surface area contributed by atoms with Gasteiger partial charge in [0.05, 0.1) is 35.6 Å². The molecule has 0 amide bonds. The van der Waals surface area contributed by atoms with Crippen LogP contribution in [0.25, 0.3) is 11.8 Å². The van der Waals surface area contributed by atoms with Gasteiger partial charge in [-0.1, -0.05) is 110 Å². The first kappa shape index (κ1) is 33.0. The average molecular weight is 679 g/mol. The Bertz CT molecular complexity index is 2170. The zero-order chi connectivity index (χ0) is 33.8. The van der Waals surface area contributed by atoms with E-state index in [0.717, 1.165) is 27.8 Å². The first-order valence-electron chi connectivity index (χ1n) is 15.7. The summed E-state index contributed by atoms with van der Waals surface area (Å²) in [5.41, 5.74) is 4.94. The number of hydrogen-bond acceptors (Lipinski definition) is 7. The first-order chi connectivity index (χ1) is 23.3. The molecule has 0 N–H and O–H groups in total.